The lowest BCUT2D eigenvalue weighted by molar-refractivity contribution is -0.116. The van der Waals surface area contributed by atoms with Crippen molar-refractivity contribution >= 4 is 5.78 Å². The molecule has 0 bridgehead atoms. The fourth-order valence-corrected chi connectivity index (χ4v) is 1.20. The lowest BCUT2D eigenvalue weighted by Crippen LogP contribution is -1.94. The van der Waals surface area contributed by atoms with Crippen LogP contribution in [0.25, 0.3) is 0 Å². The van der Waals surface area contributed by atoms with Crippen LogP contribution in [0.15, 0.2) is 18.2 Å². The van der Waals surface area contributed by atoms with Gasteiger partial charge < -0.3 is 9.90 Å². The summed E-state index contributed by atoms with van der Waals surface area (Å²) in [4.78, 5) is 10.7. The monoisotopic (exact) mass is 178 g/mol. The Morgan fingerprint density at radius 1 is 1.46 bits per heavy atom. The molecule has 0 spiro atoms. The number of carbonyl (C=O) groups is 1. The van der Waals surface area contributed by atoms with Gasteiger partial charge in [-0.25, -0.2) is 0 Å². The van der Waals surface area contributed by atoms with Crippen LogP contribution in [-0.2, 0) is 11.2 Å². The Morgan fingerprint density at radius 2 is 2.15 bits per heavy atom. The van der Waals surface area contributed by atoms with Crippen molar-refractivity contribution in [1.82, 2.24) is 0 Å². The van der Waals surface area contributed by atoms with Crippen LogP contribution in [0.5, 0.6) is 5.75 Å². The molecule has 0 unspecified atom stereocenters. The highest BCUT2D eigenvalue weighted by atomic mass is 16.3. The first-order chi connectivity index (χ1) is 6.09. The third kappa shape index (κ3) is 2.90. The molecule has 70 valence electrons. The number of benzene rings is 1. The van der Waals surface area contributed by atoms with Crippen molar-refractivity contribution in [3.05, 3.63) is 29.3 Å². The van der Waals surface area contributed by atoms with E-state index in [-0.39, 0.29) is 5.78 Å². The lowest BCUT2D eigenvalue weighted by Gasteiger charge is -2.03. The van der Waals surface area contributed by atoms with Gasteiger partial charge >= 0.3 is 0 Å². The molecule has 0 aliphatic carbocycles. The van der Waals surface area contributed by atoms with Gasteiger partial charge in [-0.05, 0) is 37.5 Å². The highest BCUT2D eigenvalue weighted by Crippen LogP contribution is 2.19. The summed E-state index contributed by atoms with van der Waals surface area (Å²) in [6.07, 6.45) is 1.12. The Balaban J connectivity index is 2.72. The molecule has 1 N–H and O–H groups in total. The van der Waals surface area contributed by atoms with Gasteiger partial charge in [0, 0.05) is 6.42 Å². The van der Waals surface area contributed by atoms with Gasteiger partial charge in [0.25, 0.3) is 0 Å². The Labute approximate surface area is 78.2 Å². The molecule has 0 aliphatic heterocycles. The first kappa shape index (κ1) is 9.78. The minimum Gasteiger partial charge on any atom is -0.508 e. The molecule has 0 saturated heterocycles. The molecule has 1 aromatic carbocycles. The van der Waals surface area contributed by atoms with E-state index in [4.69, 9.17) is 0 Å². The summed E-state index contributed by atoms with van der Waals surface area (Å²) in [5, 5.41) is 9.49. The number of ketones is 1. The molecule has 0 aromatic heterocycles. The SMILES string of the molecule is CC(=O)CCc1ccc(C)cc1O. The molecular weight excluding hydrogens is 164 g/mol. The van der Waals surface area contributed by atoms with Crippen molar-refractivity contribution in [3.63, 3.8) is 0 Å². The van der Waals surface area contributed by atoms with Crippen LogP contribution in [0, 0.1) is 6.92 Å². The zero-order chi connectivity index (χ0) is 9.84. The number of Topliss-reactive ketones (excluding diaryl/α,β-unsaturated/α-hetero) is 1. The van der Waals surface area contributed by atoms with E-state index in [1.165, 1.54) is 0 Å². The first-order valence-electron chi connectivity index (χ1n) is 4.37. The van der Waals surface area contributed by atoms with Gasteiger partial charge in [-0.15, -0.1) is 0 Å². The number of carbonyl (C=O) groups excluding carboxylic acids is 1. The van der Waals surface area contributed by atoms with E-state index in [2.05, 4.69) is 0 Å². The van der Waals surface area contributed by atoms with Crippen LogP contribution < -0.4 is 0 Å². The summed E-state index contributed by atoms with van der Waals surface area (Å²) in [6.45, 7) is 3.49. The third-order valence-electron chi connectivity index (χ3n) is 1.99. The van der Waals surface area contributed by atoms with Crippen LogP contribution in [0.3, 0.4) is 0 Å². The predicted octanol–water partition coefficient (Wildman–Crippen LogP) is 2.22. The van der Waals surface area contributed by atoms with Gasteiger partial charge in [0.15, 0.2) is 0 Å². The number of aryl methyl sites for hydroxylation is 2. The molecule has 0 atom stereocenters. The van der Waals surface area contributed by atoms with Crippen molar-refractivity contribution < 1.29 is 9.90 Å². The maximum absolute atomic E-state index is 10.7. The first-order valence-corrected chi connectivity index (χ1v) is 4.37. The molecule has 1 aromatic rings. The fourth-order valence-electron chi connectivity index (χ4n) is 1.20. The van der Waals surface area contributed by atoms with Crippen LogP contribution in [0.4, 0.5) is 0 Å². The molecule has 0 fully saturated rings. The highest BCUT2D eigenvalue weighted by Gasteiger charge is 2.02. The van der Waals surface area contributed by atoms with Crippen molar-refractivity contribution in [2.45, 2.75) is 26.7 Å². The normalized spacial score (nSPS) is 10.0. The van der Waals surface area contributed by atoms with Crippen molar-refractivity contribution in [2.75, 3.05) is 0 Å². The third-order valence-corrected chi connectivity index (χ3v) is 1.99. The number of phenols is 1. The second-order valence-corrected chi connectivity index (χ2v) is 3.33. The Morgan fingerprint density at radius 3 is 2.69 bits per heavy atom. The maximum atomic E-state index is 10.7. The molecule has 13 heavy (non-hydrogen) atoms. The summed E-state index contributed by atoms with van der Waals surface area (Å²) in [7, 11) is 0. The summed E-state index contributed by atoms with van der Waals surface area (Å²) in [6, 6.07) is 5.53. The fraction of sp³-hybridized carbons (Fsp3) is 0.364. The predicted molar refractivity (Wildman–Crippen MR) is 51.8 cm³/mol. The van der Waals surface area contributed by atoms with Crippen molar-refractivity contribution in [3.8, 4) is 5.75 Å². The molecule has 0 saturated carbocycles. The standard InChI is InChI=1S/C11H14O2/c1-8-3-5-10(11(13)7-8)6-4-9(2)12/h3,5,7,13H,4,6H2,1-2H3. The zero-order valence-corrected chi connectivity index (χ0v) is 8.00. The number of aromatic hydroxyl groups is 1. The van der Waals surface area contributed by atoms with Crippen LogP contribution in [-0.4, -0.2) is 10.9 Å². The van der Waals surface area contributed by atoms with Gasteiger partial charge in [-0.3, -0.25) is 0 Å². The number of phenolic OH excluding ortho intramolecular Hbond substituents is 1. The Bertz CT molecular complexity index is 316. The van der Waals surface area contributed by atoms with Crippen molar-refractivity contribution in [1.29, 1.82) is 0 Å². The molecule has 2 heteroatoms. The average molecular weight is 178 g/mol. The molecule has 0 heterocycles. The van der Waals surface area contributed by atoms with E-state index in [9.17, 15) is 9.90 Å². The van der Waals surface area contributed by atoms with Gasteiger partial charge in [0.05, 0.1) is 0 Å². The molecule has 0 radical (unpaired) electrons. The van der Waals surface area contributed by atoms with Gasteiger partial charge in [-0.2, -0.15) is 0 Å². The van der Waals surface area contributed by atoms with Crippen LogP contribution >= 0.6 is 0 Å². The second-order valence-electron chi connectivity index (χ2n) is 3.33. The molecule has 0 amide bonds. The minimum atomic E-state index is 0.153. The topological polar surface area (TPSA) is 37.3 Å². The van der Waals surface area contributed by atoms with E-state index in [0.29, 0.717) is 18.6 Å². The smallest absolute Gasteiger partial charge is 0.130 e. The average Bonchev–Trinajstić information content (AvgIpc) is 2.02. The Hall–Kier alpha value is -1.31. The van der Waals surface area contributed by atoms with Gasteiger partial charge in [-0.1, -0.05) is 12.1 Å². The van der Waals surface area contributed by atoms with E-state index < -0.39 is 0 Å². The van der Waals surface area contributed by atoms with Crippen molar-refractivity contribution in [2.24, 2.45) is 0 Å². The number of hydrogen-bond donors (Lipinski definition) is 1. The summed E-state index contributed by atoms with van der Waals surface area (Å²) in [5.41, 5.74) is 1.88. The molecule has 0 aliphatic rings. The molecule has 1 rings (SSSR count). The van der Waals surface area contributed by atoms with Crippen LogP contribution in [0.1, 0.15) is 24.5 Å². The maximum Gasteiger partial charge on any atom is 0.130 e. The summed E-state index contributed by atoms with van der Waals surface area (Å²) < 4.78 is 0. The van der Waals surface area contributed by atoms with E-state index >= 15 is 0 Å². The summed E-state index contributed by atoms with van der Waals surface area (Å²) >= 11 is 0. The van der Waals surface area contributed by atoms with Gasteiger partial charge in [0.1, 0.15) is 11.5 Å². The van der Waals surface area contributed by atoms with E-state index in [1.54, 1.807) is 13.0 Å². The lowest BCUT2D eigenvalue weighted by atomic mass is 10.1. The van der Waals surface area contributed by atoms with E-state index in [0.717, 1.165) is 11.1 Å². The number of hydrogen-bond acceptors (Lipinski definition) is 2. The summed E-state index contributed by atoms with van der Waals surface area (Å²) in [5.74, 6) is 0.446. The largest absolute Gasteiger partial charge is 0.508 e. The van der Waals surface area contributed by atoms with Gasteiger partial charge in [0.2, 0.25) is 0 Å². The van der Waals surface area contributed by atoms with E-state index in [1.807, 2.05) is 19.1 Å². The number of rotatable bonds is 3. The minimum absolute atomic E-state index is 0.153. The molecule has 2 nitrogen and oxygen atoms in total. The molecular formula is C11H14O2. The second kappa shape index (κ2) is 4.08. The Kier molecular flexibility index (Phi) is 3.07. The van der Waals surface area contributed by atoms with Crippen LogP contribution in [0.2, 0.25) is 0 Å². The zero-order valence-electron chi connectivity index (χ0n) is 8.00. The highest BCUT2D eigenvalue weighted by molar-refractivity contribution is 5.75. The quantitative estimate of drug-likeness (QED) is 0.770.